The fourth-order valence-corrected chi connectivity index (χ4v) is 2.98. The standard InChI is InChI=1S/C19H29N3O3/c1-13(12-22-15(3)9-14(2)21-22)10-20-11-16-7-8-17(23-4)19(25-6)18(16)24-5/h7-9,13,20H,10-12H2,1-6H3/t13-/m1/s1. The van der Waals surface area contributed by atoms with Gasteiger partial charge in [0.1, 0.15) is 0 Å². The molecule has 6 nitrogen and oxygen atoms in total. The van der Waals surface area contributed by atoms with Crippen LogP contribution in [0.4, 0.5) is 0 Å². The quantitative estimate of drug-likeness (QED) is 0.756. The van der Waals surface area contributed by atoms with Crippen LogP contribution in [0.15, 0.2) is 18.2 Å². The summed E-state index contributed by atoms with van der Waals surface area (Å²) in [6.07, 6.45) is 0. The minimum Gasteiger partial charge on any atom is -0.493 e. The van der Waals surface area contributed by atoms with Crippen LogP contribution in [0.1, 0.15) is 23.9 Å². The zero-order valence-corrected chi connectivity index (χ0v) is 16.0. The van der Waals surface area contributed by atoms with E-state index in [4.69, 9.17) is 14.2 Å². The first-order valence-electron chi connectivity index (χ1n) is 8.49. The lowest BCUT2D eigenvalue weighted by molar-refractivity contribution is 0.321. The van der Waals surface area contributed by atoms with Crippen molar-refractivity contribution in [1.29, 1.82) is 0 Å². The predicted octanol–water partition coefficient (Wildman–Crippen LogP) is 2.95. The Labute approximate surface area is 150 Å². The number of methoxy groups -OCH3 is 3. The number of nitrogens with zero attached hydrogens (tertiary/aromatic N) is 2. The maximum atomic E-state index is 5.52. The highest BCUT2D eigenvalue weighted by molar-refractivity contribution is 5.55. The summed E-state index contributed by atoms with van der Waals surface area (Å²) < 4.78 is 18.3. The highest BCUT2D eigenvalue weighted by atomic mass is 16.5. The van der Waals surface area contributed by atoms with Gasteiger partial charge in [-0.05, 0) is 38.4 Å². The zero-order chi connectivity index (χ0) is 18.4. The molecule has 138 valence electrons. The first kappa shape index (κ1) is 19.1. The van der Waals surface area contributed by atoms with Crippen LogP contribution in [0, 0.1) is 19.8 Å². The maximum absolute atomic E-state index is 5.52. The number of ether oxygens (including phenoxy) is 3. The van der Waals surface area contributed by atoms with Crippen LogP contribution >= 0.6 is 0 Å². The van der Waals surface area contributed by atoms with Crippen molar-refractivity contribution in [1.82, 2.24) is 15.1 Å². The molecule has 2 aromatic rings. The fourth-order valence-electron chi connectivity index (χ4n) is 2.98. The van der Waals surface area contributed by atoms with E-state index in [9.17, 15) is 0 Å². The molecule has 25 heavy (non-hydrogen) atoms. The Bertz CT molecular complexity index is 697. The lowest BCUT2D eigenvalue weighted by atomic mass is 10.1. The number of rotatable bonds is 9. The molecule has 1 aromatic carbocycles. The van der Waals surface area contributed by atoms with Crippen molar-refractivity contribution in [3.8, 4) is 17.2 Å². The van der Waals surface area contributed by atoms with E-state index in [0.717, 1.165) is 24.3 Å². The van der Waals surface area contributed by atoms with Crippen LogP contribution in [-0.2, 0) is 13.1 Å². The van der Waals surface area contributed by atoms with Crippen LogP contribution in [0.5, 0.6) is 17.2 Å². The molecule has 1 aromatic heterocycles. The molecule has 0 spiro atoms. The predicted molar refractivity (Wildman–Crippen MR) is 98.7 cm³/mol. The largest absolute Gasteiger partial charge is 0.493 e. The first-order chi connectivity index (χ1) is 12.0. The molecule has 0 saturated heterocycles. The molecule has 0 aliphatic heterocycles. The number of nitrogens with one attached hydrogen (secondary N) is 1. The Morgan fingerprint density at radius 3 is 2.36 bits per heavy atom. The number of aryl methyl sites for hydroxylation is 2. The Kier molecular flexibility index (Phi) is 6.70. The van der Waals surface area contributed by atoms with E-state index < -0.39 is 0 Å². The second kappa shape index (κ2) is 8.76. The summed E-state index contributed by atoms with van der Waals surface area (Å²) in [7, 11) is 4.89. The van der Waals surface area contributed by atoms with Gasteiger partial charge in [0.2, 0.25) is 5.75 Å². The van der Waals surface area contributed by atoms with Crippen LogP contribution in [0.25, 0.3) is 0 Å². The van der Waals surface area contributed by atoms with Gasteiger partial charge < -0.3 is 19.5 Å². The maximum Gasteiger partial charge on any atom is 0.203 e. The van der Waals surface area contributed by atoms with Gasteiger partial charge >= 0.3 is 0 Å². The lowest BCUT2D eigenvalue weighted by Crippen LogP contribution is -2.24. The van der Waals surface area contributed by atoms with Gasteiger partial charge in [0.25, 0.3) is 0 Å². The van der Waals surface area contributed by atoms with Gasteiger partial charge in [-0.2, -0.15) is 5.10 Å². The van der Waals surface area contributed by atoms with Crippen molar-refractivity contribution in [2.45, 2.75) is 33.9 Å². The highest BCUT2D eigenvalue weighted by Crippen LogP contribution is 2.39. The molecule has 0 aliphatic carbocycles. The van der Waals surface area contributed by atoms with Gasteiger partial charge in [-0.15, -0.1) is 0 Å². The van der Waals surface area contributed by atoms with Crippen molar-refractivity contribution in [2.75, 3.05) is 27.9 Å². The number of hydrogen-bond acceptors (Lipinski definition) is 5. The van der Waals surface area contributed by atoms with Gasteiger partial charge in [0, 0.05) is 24.3 Å². The average Bonchev–Trinajstić information content (AvgIpc) is 2.91. The van der Waals surface area contributed by atoms with E-state index in [1.807, 2.05) is 19.1 Å². The number of aromatic nitrogens is 2. The Morgan fingerprint density at radius 1 is 1.08 bits per heavy atom. The van der Waals surface area contributed by atoms with E-state index in [1.165, 1.54) is 5.69 Å². The van der Waals surface area contributed by atoms with E-state index in [0.29, 0.717) is 29.7 Å². The summed E-state index contributed by atoms with van der Waals surface area (Å²) in [5, 5.41) is 8.02. The topological polar surface area (TPSA) is 57.5 Å². The molecular weight excluding hydrogens is 318 g/mol. The molecule has 2 rings (SSSR count). The molecule has 1 N–H and O–H groups in total. The minimum absolute atomic E-state index is 0.462. The molecule has 0 fully saturated rings. The van der Waals surface area contributed by atoms with Crippen LogP contribution in [0.2, 0.25) is 0 Å². The molecule has 6 heteroatoms. The van der Waals surface area contributed by atoms with Gasteiger partial charge in [0.15, 0.2) is 11.5 Å². The van der Waals surface area contributed by atoms with Crippen molar-refractivity contribution in [3.05, 3.63) is 35.2 Å². The lowest BCUT2D eigenvalue weighted by Gasteiger charge is -2.17. The average molecular weight is 347 g/mol. The minimum atomic E-state index is 0.462. The van der Waals surface area contributed by atoms with Crippen molar-refractivity contribution >= 4 is 0 Å². The van der Waals surface area contributed by atoms with Gasteiger partial charge in [-0.3, -0.25) is 4.68 Å². The summed E-state index contributed by atoms with van der Waals surface area (Å²) in [5.41, 5.74) is 3.30. The van der Waals surface area contributed by atoms with E-state index in [2.05, 4.69) is 35.0 Å². The summed E-state index contributed by atoms with van der Waals surface area (Å²) in [6, 6.07) is 6.01. The molecule has 0 unspecified atom stereocenters. The number of hydrogen-bond donors (Lipinski definition) is 1. The molecular formula is C19H29N3O3. The molecule has 1 atom stereocenters. The molecule has 0 amide bonds. The third kappa shape index (κ3) is 4.66. The SMILES string of the molecule is COc1ccc(CNC[C@@H](C)Cn2nc(C)cc2C)c(OC)c1OC. The van der Waals surface area contributed by atoms with Gasteiger partial charge in [0.05, 0.1) is 27.0 Å². The molecule has 1 heterocycles. The van der Waals surface area contributed by atoms with Gasteiger partial charge in [-0.25, -0.2) is 0 Å². The molecule has 0 bridgehead atoms. The third-order valence-corrected chi connectivity index (χ3v) is 4.18. The Hall–Kier alpha value is -2.21. The monoisotopic (exact) mass is 347 g/mol. The fraction of sp³-hybridized carbons (Fsp3) is 0.526. The number of benzene rings is 1. The second-order valence-electron chi connectivity index (χ2n) is 6.34. The van der Waals surface area contributed by atoms with Crippen LogP contribution < -0.4 is 19.5 Å². The molecule has 0 saturated carbocycles. The summed E-state index contributed by atoms with van der Waals surface area (Å²) in [5.74, 6) is 2.46. The third-order valence-electron chi connectivity index (χ3n) is 4.18. The normalized spacial score (nSPS) is 12.1. The van der Waals surface area contributed by atoms with E-state index >= 15 is 0 Å². The summed E-state index contributed by atoms with van der Waals surface area (Å²) in [6.45, 7) is 8.82. The second-order valence-corrected chi connectivity index (χ2v) is 6.34. The van der Waals surface area contributed by atoms with Crippen molar-refractivity contribution in [2.24, 2.45) is 5.92 Å². The van der Waals surface area contributed by atoms with Crippen molar-refractivity contribution in [3.63, 3.8) is 0 Å². The molecule has 0 radical (unpaired) electrons. The first-order valence-corrected chi connectivity index (χ1v) is 8.49. The van der Waals surface area contributed by atoms with Crippen LogP contribution in [-0.4, -0.2) is 37.7 Å². The van der Waals surface area contributed by atoms with Crippen LogP contribution in [0.3, 0.4) is 0 Å². The summed E-state index contributed by atoms with van der Waals surface area (Å²) in [4.78, 5) is 0. The molecule has 0 aliphatic rings. The van der Waals surface area contributed by atoms with E-state index in [1.54, 1.807) is 21.3 Å². The Balaban J connectivity index is 1.96. The van der Waals surface area contributed by atoms with E-state index in [-0.39, 0.29) is 0 Å². The summed E-state index contributed by atoms with van der Waals surface area (Å²) >= 11 is 0. The highest BCUT2D eigenvalue weighted by Gasteiger charge is 2.15. The Morgan fingerprint density at radius 2 is 1.80 bits per heavy atom. The zero-order valence-electron chi connectivity index (χ0n) is 16.0. The van der Waals surface area contributed by atoms with Crippen molar-refractivity contribution < 1.29 is 14.2 Å². The smallest absolute Gasteiger partial charge is 0.203 e. The van der Waals surface area contributed by atoms with Gasteiger partial charge in [-0.1, -0.05) is 13.0 Å².